The standard InChI is InChI=1S/C12H25NO3S/c1-4-12(2,10-14)8-11-6-5-7-13(9-11)17(3,15)16/h11,14H,4-10H2,1-3H3. The molecule has 0 saturated carbocycles. The van der Waals surface area contributed by atoms with Gasteiger partial charge in [0.1, 0.15) is 0 Å². The van der Waals surface area contributed by atoms with Crippen molar-refractivity contribution in [2.24, 2.45) is 11.3 Å². The van der Waals surface area contributed by atoms with Crippen LogP contribution in [0.5, 0.6) is 0 Å². The Balaban J connectivity index is 2.62. The molecule has 1 aliphatic rings. The van der Waals surface area contributed by atoms with E-state index in [-0.39, 0.29) is 12.0 Å². The first-order valence-corrected chi connectivity index (χ1v) is 8.21. The van der Waals surface area contributed by atoms with Crippen molar-refractivity contribution in [2.75, 3.05) is 26.0 Å². The zero-order valence-corrected chi connectivity index (χ0v) is 12.0. The number of piperidine rings is 1. The fraction of sp³-hybridized carbons (Fsp3) is 1.00. The zero-order chi connectivity index (χ0) is 13.1. The van der Waals surface area contributed by atoms with Gasteiger partial charge in [0.15, 0.2) is 0 Å². The van der Waals surface area contributed by atoms with Crippen LogP contribution in [0.4, 0.5) is 0 Å². The van der Waals surface area contributed by atoms with E-state index in [0.717, 1.165) is 25.7 Å². The first-order valence-electron chi connectivity index (χ1n) is 6.37. The molecule has 0 radical (unpaired) electrons. The Hall–Kier alpha value is -0.130. The number of aliphatic hydroxyl groups is 1. The second-order valence-electron chi connectivity index (χ2n) is 5.66. The van der Waals surface area contributed by atoms with Crippen LogP contribution in [0.2, 0.25) is 0 Å². The van der Waals surface area contributed by atoms with E-state index in [1.54, 1.807) is 4.31 Å². The number of aliphatic hydroxyl groups excluding tert-OH is 1. The first kappa shape index (κ1) is 14.9. The Morgan fingerprint density at radius 1 is 1.47 bits per heavy atom. The fourth-order valence-corrected chi connectivity index (χ4v) is 3.45. The van der Waals surface area contributed by atoms with Crippen LogP contribution in [0, 0.1) is 11.3 Å². The lowest BCUT2D eigenvalue weighted by atomic mass is 9.77. The summed E-state index contributed by atoms with van der Waals surface area (Å²) in [7, 11) is -3.06. The minimum atomic E-state index is -3.06. The third-order valence-corrected chi connectivity index (χ3v) is 5.24. The van der Waals surface area contributed by atoms with E-state index >= 15 is 0 Å². The van der Waals surface area contributed by atoms with E-state index in [2.05, 4.69) is 13.8 Å². The SMILES string of the molecule is CCC(C)(CO)CC1CCCN(S(C)(=O)=O)C1. The van der Waals surface area contributed by atoms with E-state index in [4.69, 9.17) is 0 Å². The molecular weight excluding hydrogens is 238 g/mol. The molecule has 1 fully saturated rings. The van der Waals surface area contributed by atoms with Gasteiger partial charge in [-0.05, 0) is 37.0 Å². The third-order valence-electron chi connectivity index (χ3n) is 3.97. The average molecular weight is 263 g/mol. The Morgan fingerprint density at radius 3 is 2.59 bits per heavy atom. The molecule has 0 aromatic carbocycles. The van der Waals surface area contributed by atoms with Crippen LogP contribution in [-0.2, 0) is 10.0 Å². The lowest BCUT2D eigenvalue weighted by Crippen LogP contribution is -2.41. The van der Waals surface area contributed by atoms with E-state index in [9.17, 15) is 13.5 Å². The summed E-state index contributed by atoms with van der Waals surface area (Å²) in [5.41, 5.74) is -0.0643. The number of hydrogen-bond acceptors (Lipinski definition) is 3. The molecule has 1 heterocycles. The summed E-state index contributed by atoms with van der Waals surface area (Å²) in [6.45, 7) is 5.60. The summed E-state index contributed by atoms with van der Waals surface area (Å²) in [6.07, 6.45) is 5.12. The predicted molar refractivity (Wildman–Crippen MR) is 69.2 cm³/mol. The molecule has 2 unspecified atom stereocenters. The minimum Gasteiger partial charge on any atom is -0.396 e. The number of sulfonamides is 1. The van der Waals surface area contributed by atoms with Gasteiger partial charge in [-0.25, -0.2) is 12.7 Å². The van der Waals surface area contributed by atoms with Crippen molar-refractivity contribution >= 4 is 10.0 Å². The topological polar surface area (TPSA) is 57.6 Å². The molecule has 0 aliphatic carbocycles. The van der Waals surface area contributed by atoms with E-state index in [0.29, 0.717) is 19.0 Å². The van der Waals surface area contributed by atoms with Crippen LogP contribution in [0.1, 0.15) is 39.5 Å². The van der Waals surface area contributed by atoms with Gasteiger partial charge in [0.05, 0.1) is 6.26 Å². The molecule has 1 N–H and O–H groups in total. The average Bonchev–Trinajstić information content (AvgIpc) is 2.28. The molecule has 0 bridgehead atoms. The van der Waals surface area contributed by atoms with Gasteiger partial charge in [0, 0.05) is 19.7 Å². The number of hydrogen-bond donors (Lipinski definition) is 1. The second-order valence-corrected chi connectivity index (χ2v) is 7.64. The van der Waals surface area contributed by atoms with Crippen LogP contribution < -0.4 is 0 Å². The van der Waals surface area contributed by atoms with E-state index < -0.39 is 10.0 Å². The van der Waals surface area contributed by atoms with Crippen molar-refractivity contribution in [3.63, 3.8) is 0 Å². The molecule has 5 heteroatoms. The lowest BCUT2D eigenvalue weighted by molar-refractivity contribution is 0.0930. The van der Waals surface area contributed by atoms with Crippen LogP contribution in [0.25, 0.3) is 0 Å². The molecule has 2 atom stereocenters. The van der Waals surface area contributed by atoms with Gasteiger partial charge in [-0.3, -0.25) is 0 Å². The van der Waals surface area contributed by atoms with Gasteiger partial charge in [-0.2, -0.15) is 0 Å². The van der Waals surface area contributed by atoms with Gasteiger partial charge in [0.25, 0.3) is 0 Å². The first-order chi connectivity index (χ1) is 7.80. The van der Waals surface area contributed by atoms with Crippen molar-refractivity contribution in [1.82, 2.24) is 4.31 Å². The molecule has 0 spiro atoms. The fourth-order valence-electron chi connectivity index (χ4n) is 2.51. The van der Waals surface area contributed by atoms with Crippen molar-refractivity contribution in [3.8, 4) is 0 Å². The van der Waals surface area contributed by atoms with Crippen molar-refractivity contribution in [2.45, 2.75) is 39.5 Å². The Morgan fingerprint density at radius 2 is 2.12 bits per heavy atom. The van der Waals surface area contributed by atoms with Crippen LogP contribution >= 0.6 is 0 Å². The van der Waals surface area contributed by atoms with Crippen LogP contribution in [-0.4, -0.2) is 43.8 Å². The monoisotopic (exact) mass is 263 g/mol. The summed E-state index contributed by atoms with van der Waals surface area (Å²) in [4.78, 5) is 0. The molecule has 1 rings (SSSR count). The maximum atomic E-state index is 11.5. The normalized spacial score (nSPS) is 26.7. The molecule has 0 amide bonds. The van der Waals surface area contributed by atoms with E-state index in [1.807, 2.05) is 0 Å². The quantitative estimate of drug-likeness (QED) is 0.817. The molecular formula is C12H25NO3S. The summed E-state index contributed by atoms with van der Waals surface area (Å²) in [5, 5.41) is 9.41. The molecule has 102 valence electrons. The molecule has 4 nitrogen and oxygen atoms in total. The van der Waals surface area contributed by atoms with Crippen LogP contribution in [0.3, 0.4) is 0 Å². The Bertz CT molecular complexity index is 336. The molecule has 1 saturated heterocycles. The molecule has 0 aromatic rings. The highest BCUT2D eigenvalue weighted by molar-refractivity contribution is 7.88. The summed E-state index contributed by atoms with van der Waals surface area (Å²) >= 11 is 0. The van der Waals surface area contributed by atoms with Gasteiger partial charge in [-0.15, -0.1) is 0 Å². The van der Waals surface area contributed by atoms with Crippen molar-refractivity contribution in [1.29, 1.82) is 0 Å². The van der Waals surface area contributed by atoms with Gasteiger partial charge < -0.3 is 5.11 Å². The second kappa shape index (κ2) is 5.67. The zero-order valence-electron chi connectivity index (χ0n) is 11.1. The predicted octanol–water partition coefficient (Wildman–Crippen LogP) is 1.46. The minimum absolute atomic E-state index is 0.0643. The lowest BCUT2D eigenvalue weighted by Gasteiger charge is -2.36. The highest BCUT2D eigenvalue weighted by Crippen LogP contribution is 2.33. The largest absolute Gasteiger partial charge is 0.396 e. The highest BCUT2D eigenvalue weighted by atomic mass is 32.2. The maximum absolute atomic E-state index is 11.5. The summed E-state index contributed by atoms with van der Waals surface area (Å²) in [5.74, 6) is 0.385. The molecule has 17 heavy (non-hydrogen) atoms. The van der Waals surface area contributed by atoms with Crippen LogP contribution in [0.15, 0.2) is 0 Å². The molecule has 1 aliphatic heterocycles. The third kappa shape index (κ3) is 4.23. The Labute approximate surface area is 105 Å². The maximum Gasteiger partial charge on any atom is 0.211 e. The van der Waals surface area contributed by atoms with Gasteiger partial charge in [-0.1, -0.05) is 13.8 Å². The number of rotatable bonds is 5. The summed E-state index contributed by atoms with van der Waals surface area (Å²) < 4.78 is 24.6. The number of nitrogens with zero attached hydrogens (tertiary/aromatic N) is 1. The van der Waals surface area contributed by atoms with Crippen molar-refractivity contribution in [3.05, 3.63) is 0 Å². The summed E-state index contributed by atoms with van der Waals surface area (Å²) in [6, 6.07) is 0. The molecule has 0 aromatic heterocycles. The van der Waals surface area contributed by atoms with E-state index in [1.165, 1.54) is 6.26 Å². The van der Waals surface area contributed by atoms with Crippen molar-refractivity contribution < 1.29 is 13.5 Å². The highest BCUT2D eigenvalue weighted by Gasteiger charge is 2.31. The van der Waals surface area contributed by atoms with Gasteiger partial charge in [0.2, 0.25) is 10.0 Å². The van der Waals surface area contributed by atoms with Gasteiger partial charge >= 0.3 is 0 Å². The smallest absolute Gasteiger partial charge is 0.211 e. The Kier molecular flexibility index (Phi) is 4.98.